The van der Waals surface area contributed by atoms with E-state index in [4.69, 9.17) is 5.73 Å². The van der Waals surface area contributed by atoms with Crippen molar-refractivity contribution in [2.45, 2.75) is 0 Å². The van der Waals surface area contributed by atoms with Crippen LogP contribution in [0, 0.1) is 0 Å². The van der Waals surface area contributed by atoms with Crippen molar-refractivity contribution in [1.29, 1.82) is 0 Å². The Morgan fingerprint density at radius 2 is 1.25 bits per heavy atom. The Hall–Kier alpha value is -0.518. The zero-order chi connectivity index (χ0) is 9.97. The van der Waals surface area contributed by atoms with Crippen LogP contribution in [-0.4, -0.2) is 0 Å². The zero-order valence-corrected chi connectivity index (χ0v) is 11.3. The Kier molecular flexibility index (Phi) is 6.71. The van der Waals surface area contributed by atoms with Crippen molar-refractivity contribution >= 4 is 9.72 Å². The van der Waals surface area contributed by atoms with Crippen LogP contribution < -0.4 is 34.6 Å². The summed E-state index contributed by atoms with van der Waals surface area (Å²) in [6.07, 6.45) is 0. The molecule has 0 saturated heterocycles. The third-order valence-corrected chi connectivity index (χ3v) is 2.78. The molecule has 0 amide bonds. The van der Waals surface area contributed by atoms with Gasteiger partial charge in [-0.15, -0.1) is 0 Å². The van der Waals surface area contributed by atoms with Crippen molar-refractivity contribution in [2.75, 3.05) is 5.73 Å². The molecule has 16 heavy (non-hydrogen) atoms. The maximum Gasteiger partial charge on any atom is -1.00 e. The van der Waals surface area contributed by atoms with Crippen LogP contribution >= 0.6 is 0 Å². The van der Waals surface area contributed by atoms with Crippen molar-refractivity contribution < 1.29 is 44.0 Å². The Morgan fingerprint density at radius 3 is 1.81 bits per heavy atom. The van der Waals surface area contributed by atoms with Crippen LogP contribution in [0.4, 0.5) is 5.69 Å². The van der Waals surface area contributed by atoms with Crippen LogP contribution in [0.5, 0.6) is 0 Å². The molecule has 1 nitrogen and oxygen atoms in total. The largest absolute Gasteiger partial charge is 1.00 e. The fourth-order valence-electron chi connectivity index (χ4n) is 1.40. The van der Waals surface area contributed by atoms with Gasteiger partial charge in [-0.2, -0.15) is 0 Å². The molecule has 2 aromatic carbocycles. The van der Waals surface area contributed by atoms with E-state index in [1.807, 2.05) is 42.5 Å². The number of benzene rings is 2. The molecule has 0 fully saturated rings. The third kappa shape index (κ3) is 3.24. The van der Waals surface area contributed by atoms with Crippen LogP contribution in [0.1, 0.15) is 0 Å². The molecule has 0 bridgehead atoms. The number of nitrogens with two attached hydrogens (primary N) is 1. The van der Waals surface area contributed by atoms with E-state index in [9.17, 15) is 0 Å². The summed E-state index contributed by atoms with van der Waals surface area (Å²) in [5.41, 5.74) is 8.94. The maximum absolute atomic E-state index is 5.90. The van der Waals surface area contributed by atoms with Gasteiger partial charge in [0.1, 0.15) is 0 Å². The van der Waals surface area contributed by atoms with Gasteiger partial charge in [-0.1, -0.05) is 0 Å². The average molecular weight is 346 g/mol. The van der Waals surface area contributed by atoms with Gasteiger partial charge in [-0.05, 0) is 0 Å². The van der Waals surface area contributed by atoms with Gasteiger partial charge >= 0.3 is 94.3 Å². The number of halogens is 2. The minimum atomic E-state index is 0. The first kappa shape index (κ1) is 15.5. The zero-order valence-electron chi connectivity index (χ0n) is 8.27. The second-order valence-electron chi connectivity index (χ2n) is 3.03. The fraction of sp³-hybridized carbons (Fsp3) is 0. The van der Waals surface area contributed by atoms with Crippen molar-refractivity contribution in [3.63, 3.8) is 0 Å². The minimum Gasteiger partial charge on any atom is -1.00 e. The van der Waals surface area contributed by atoms with Gasteiger partial charge in [-0.3, -0.25) is 0 Å². The predicted octanol–water partition coefficient (Wildman–Crippen LogP) is -3.88. The van der Waals surface area contributed by atoms with E-state index in [-0.39, 0.29) is 24.8 Å². The van der Waals surface area contributed by atoms with Crippen LogP contribution in [-0.2, 0) is 19.2 Å². The van der Waals surface area contributed by atoms with E-state index in [1.54, 1.807) is 0 Å². The summed E-state index contributed by atoms with van der Waals surface area (Å²) >= 11 is 3.23. The summed E-state index contributed by atoms with van der Waals surface area (Å²) in [6.45, 7) is 0. The van der Waals surface area contributed by atoms with E-state index in [2.05, 4.69) is 25.3 Å². The second-order valence-corrected chi connectivity index (χ2v) is 3.87. The molecule has 0 unspecified atom stereocenters. The summed E-state index contributed by atoms with van der Waals surface area (Å²) in [5.74, 6) is 0. The van der Waals surface area contributed by atoms with Crippen LogP contribution in [0.15, 0.2) is 48.5 Å². The number of anilines is 1. The Bertz CT molecular complexity index is 417. The molecule has 4 heteroatoms. The van der Waals surface area contributed by atoms with Gasteiger partial charge in [0.2, 0.25) is 0 Å². The van der Waals surface area contributed by atoms with Gasteiger partial charge in [0.15, 0.2) is 0 Å². The molecule has 2 N–H and O–H groups in total. The average Bonchev–Trinajstić information content (AvgIpc) is 2.20. The summed E-state index contributed by atoms with van der Waals surface area (Å²) in [4.78, 5) is 0. The van der Waals surface area contributed by atoms with Gasteiger partial charge in [0.05, 0.1) is 0 Å². The summed E-state index contributed by atoms with van der Waals surface area (Å²) in [7, 11) is 0. The van der Waals surface area contributed by atoms with Crippen molar-refractivity contribution in [3.8, 4) is 11.1 Å². The van der Waals surface area contributed by atoms with Crippen molar-refractivity contribution in [3.05, 3.63) is 48.5 Å². The SMILES string of the molecule is Nc1ccccc1-c1cccc[c]1[Pd+2].[Cl-].[Cl-]. The molecule has 0 aliphatic heterocycles. The fourth-order valence-corrected chi connectivity index (χ4v) is 1.89. The molecule has 0 aliphatic carbocycles. The van der Waals surface area contributed by atoms with E-state index < -0.39 is 0 Å². The monoisotopic (exact) mass is 344 g/mol. The number of hydrogen-bond acceptors (Lipinski definition) is 1. The smallest absolute Gasteiger partial charge is 1.00 e. The van der Waals surface area contributed by atoms with E-state index >= 15 is 0 Å². The Morgan fingerprint density at radius 1 is 0.750 bits per heavy atom. The molecule has 0 aromatic heterocycles. The number of para-hydroxylation sites is 1. The summed E-state index contributed by atoms with van der Waals surface area (Å²) in [6, 6.07) is 16.0. The normalized spacial score (nSPS) is 8.81. The molecular weight excluding hydrogens is 335 g/mol. The first-order chi connectivity index (χ1) is 6.79. The molecule has 0 atom stereocenters. The van der Waals surface area contributed by atoms with E-state index in [0.29, 0.717) is 0 Å². The van der Waals surface area contributed by atoms with E-state index in [0.717, 1.165) is 20.9 Å². The standard InChI is InChI=1S/C12H10N.2ClH.Pd/c13-12-9-5-4-8-11(12)10-6-2-1-3-7-10;;;/h1-6,8-9H,13H2;2*1H;/q;;;+2/p-2. The molecule has 0 heterocycles. The molecule has 2 rings (SSSR count). The number of nitrogen functional groups attached to an aromatic ring is 1. The molecule has 0 radical (unpaired) electrons. The first-order valence-corrected chi connectivity index (χ1v) is 5.13. The van der Waals surface area contributed by atoms with Crippen molar-refractivity contribution in [2.24, 2.45) is 0 Å². The Balaban J connectivity index is 0.00000112. The summed E-state index contributed by atoms with van der Waals surface area (Å²) < 4.78 is 1.11. The number of hydrogen-bond donors (Lipinski definition) is 1. The molecular formula is C12H10Cl2NPd. The summed E-state index contributed by atoms with van der Waals surface area (Å²) in [5, 5.41) is 0. The van der Waals surface area contributed by atoms with E-state index in [1.165, 1.54) is 0 Å². The third-order valence-electron chi connectivity index (χ3n) is 2.10. The van der Waals surface area contributed by atoms with Gasteiger partial charge < -0.3 is 24.8 Å². The first-order valence-electron chi connectivity index (χ1n) is 4.35. The topological polar surface area (TPSA) is 26.0 Å². The van der Waals surface area contributed by atoms with Crippen LogP contribution in [0.2, 0.25) is 0 Å². The predicted molar refractivity (Wildman–Crippen MR) is 55.9 cm³/mol. The molecule has 87 valence electrons. The molecule has 0 saturated carbocycles. The Labute approximate surface area is 119 Å². The molecule has 2 aromatic rings. The van der Waals surface area contributed by atoms with Gasteiger partial charge in [0, 0.05) is 0 Å². The quantitative estimate of drug-likeness (QED) is 0.415. The van der Waals surface area contributed by atoms with Crippen LogP contribution in [0.3, 0.4) is 0 Å². The van der Waals surface area contributed by atoms with Crippen LogP contribution in [0.25, 0.3) is 11.1 Å². The minimum absolute atomic E-state index is 0. The molecule has 0 spiro atoms. The number of rotatable bonds is 1. The molecule has 0 aliphatic rings. The second kappa shape index (κ2) is 6.94. The van der Waals surface area contributed by atoms with Gasteiger partial charge in [-0.25, -0.2) is 0 Å². The maximum atomic E-state index is 5.90. The van der Waals surface area contributed by atoms with Gasteiger partial charge in [0.25, 0.3) is 0 Å². The van der Waals surface area contributed by atoms with Crippen molar-refractivity contribution in [1.82, 2.24) is 0 Å².